The molecule has 0 fully saturated rings. The number of rotatable bonds is 5. The Hall–Kier alpha value is -0.820. The summed E-state index contributed by atoms with van der Waals surface area (Å²) in [6, 6.07) is 0.112. The molecule has 1 N–H and O–H groups in total. The summed E-state index contributed by atoms with van der Waals surface area (Å²) in [5.74, 6) is 0. The highest BCUT2D eigenvalue weighted by atomic mass is 32.1. The van der Waals surface area contributed by atoms with Gasteiger partial charge in [-0.2, -0.15) is 13.2 Å². The molecule has 1 atom stereocenters. The average Bonchev–Trinajstić information content (AvgIpc) is 2.58. The maximum absolute atomic E-state index is 12.3. The predicted molar refractivity (Wildman–Crippen MR) is 68.3 cm³/mol. The molecule has 0 aliphatic rings. The standard InChI is InChI=1S/C11H18F3N3S/c1-5-15-7(2)9-8(3)16-10(18-9)17(4)6-11(12,13)14/h7,15H,5-6H2,1-4H3. The highest BCUT2D eigenvalue weighted by Gasteiger charge is 2.30. The van der Waals surface area contributed by atoms with Crippen LogP contribution in [-0.4, -0.2) is 31.3 Å². The summed E-state index contributed by atoms with van der Waals surface area (Å²) < 4.78 is 36.9. The van der Waals surface area contributed by atoms with Crippen molar-refractivity contribution in [1.82, 2.24) is 10.3 Å². The van der Waals surface area contributed by atoms with Gasteiger partial charge in [-0.15, -0.1) is 11.3 Å². The third-order valence-electron chi connectivity index (χ3n) is 2.47. The van der Waals surface area contributed by atoms with Crippen LogP contribution in [0.2, 0.25) is 0 Å². The van der Waals surface area contributed by atoms with Gasteiger partial charge in [0.25, 0.3) is 0 Å². The van der Waals surface area contributed by atoms with Gasteiger partial charge in [-0.25, -0.2) is 4.98 Å². The molecule has 0 saturated heterocycles. The zero-order valence-electron chi connectivity index (χ0n) is 10.9. The highest BCUT2D eigenvalue weighted by Crippen LogP contribution is 2.31. The van der Waals surface area contributed by atoms with Crippen LogP contribution in [-0.2, 0) is 0 Å². The number of nitrogens with one attached hydrogen (secondary N) is 1. The van der Waals surface area contributed by atoms with Gasteiger partial charge in [0.1, 0.15) is 6.54 Å². The third-order valence-corrected chi connectivity index (χ3v) is 3.92. The Morgan fingerprint density at radius 2 is 2.06 bits per heavy atom. The van der Waals surface area contributed by atoms with Crippen LogP contribution < -0.4 is 10.2 Å². The van der Waals surface area contributed by atoms with Gasteiger partial charge < -0.3 is 10.2 Å². The Morgan fingerprint density at radius 3 is 2.56 bits per heavy atom. The lowest BCUT2D eigenvalue weighted by molar-refractivity contribution is -0.119. The molecular formula is C11H18F3N3S. The number of hydrogen-bond acceptors (Lipinski definition) is 4. The van der Waals surface area contributed by atoms with E-state index in [9.17, 15) is 13.2 Å². The maximum atomic E-state index is 12.3. The van der Waals surface area contributed by atoms with Gasteiger partial charge in [0, 0.05) is 18.0 Å². The summed E-state index contributed by atoms with van der Waals surface area (Å²) in [5.41, 5.74) is 0.789. The largest absolute Gasteiger partial charge is 0.405 e. The van der Waals surface area contributed by atoms with Crippen molar-refractivity contribution in [2.45, 2.75) is 33.0 Å². The van der Waals surface area contributed by atoms with E-state index in [-0.39, 0.29) is 6.04 Å². The minimum atomic E-state index is -4.21. The predicted octanol–water partition coefficient (Wildman–Crippen LogP) is 3.12. The molecule has 0 radical (unpaired) electrons. The second-order valence-electron chi connectivity index (χ2n) is 4.20. The van der Waals surface area contributed by atoms with E-state index in [1.165, 1.54) is 18.4 Å². The smallest absolute Gasteiger partial charge is 0.342 e. The molecule has 0 spiro atoms. The van der Waals surface area contributed by atoms with E-state index in [4.69, 9.17) is 0 Å². The van der Waals surface area contributed by atoms with Crippen LogP contribution in [0.4, 0.5) is 18.3 Å². The Balaban J connectivity index is 2.83. The molecule has 0 aliphatic heterocycles. The molecule has 104 valence electrons. The number of nitrogens with zero attached hydrogens (tertiary/aromatic N) is 2. The Morgan fingerprint density at radius 1 is 1.44 bits per heavy atom. The zero-order chi connectivity index (χ0) is 13.9. The van der Waals surface area contributed by atoms with Crippen molar-refractivity contribution in [3.8, 4) is 0 Å². The quantitative estimate of drug-likeness (QED) is 0.899. The number of aromatic nitrogens is 1. The summed E-state index contributed by atoms with van der Waals surface area (Å²) in [6.07, 6.45) is -4.21. The minimum absolute atomic E-state index is 0.112. The molecule has 0 aromatic carbocycles. The molecule has 7 heteroatoms. The molecule has 1 aromatic heterocycles. The summed E-state index contributed by atoms with van der Waals surface area (Å²) >= 11 is 1.31. The second kappa shape index (κ2) is 5.88. The number of alkyl halides is 3. The van der Waals surface area contributed by atoms with Crippen LogP contribution in [0.15, 0.2) is 0 Å². The van der Waals surface area contributed by atoms with Crippen LogP contribution in [0.1, 0.15) is 30.5 Å². The molecule has 18 heavy (non-hydrogen) atoms. The fourth-order valence-electron chi connectivity index (χ4n) is 1.69. The lowest BCUT2D eigenvalue weighted by Crippen LogP contribution is -2.30. The SMILES string of the molecule is CCNC(C)c1sc(N(C)CC(F)(F)F)nc1C. The van der Waals surface area contributed by atoms with Crippen LogP contribution >= 0.6 is 11.3 Å². The Kier molecular flexibility index (Phi) is 4.98. The van der Waals surface area contributed by atoms with Crippen LogP contribution in [0.5, 0.6) is 0 Å². The summed E-state index contributed by atoms with van der Waals surface area (Å²) in [6.45, 7) is 5.63. The van der Waals surface area contributed by atoms with Gasteiger partial charge in [0.05, 0.1) is 5.69 Å². The van der Waals surface area contributed by atoms with Crippen molar-refractivity contribution < 1.29 is 13.2 Å². The van der Waals surface area contributed by atoms with Crippen LogP contribution in [0.25, 0.3) is 0 Å². The van der Waals surface area contributed by atoms with Crippen molar-refractivity contribution in [1.29, 1.82) is 0 Å². The van der Waals surface area contributed by atoms with Crippen molar-refractivity contribution in [2.24, 2.45) is 0 Å². The highest BCUT2D eigenvalue weighted by molar-refractivity contribution is 7.15. The molecule has 0 bridgehead atoms. The molecule has 0 amide bonds. The average molecular weight is 281 g/mol. The minimum Gasteiger partial charge on any atom is -0.342 e. The maximum Gasteiger partial charge on any atom is 0.405 e. The first kappa shape index (κ1) is 15.2. The van der Waals surface area contributed by atoms with Gasteiger partial charge in [-0.3, -0.25) is 0 Å². The first-order valence-electron chi connectivity index (χ1n) is 5.73. The first-order valence-corrected chi connectivity index (χ1v) is 6.54. The van der Waals surface area contributed by atoms with E-state index >= 15 is 0 Å². The van der Waals surface area contributed by atoms with Gasteiger partial charge in [-0.1, -0.05) is 6.92 Å². The normalized spacial score (nSPS) is 13.7. The second-order valence-corrected chi connectivity index (χ2v) is 5.21. The number of hydrogen-bond donors (Lipinski definition) is 1. The summed E-state index contributed by atoms with van der Waals surface area (Å²) in [7, 11) is 1.41. The van der Waals surface area contributed by atoms with E-state index in [2.05, 4.69) is 10.3 Å². The van der Waals surface area contributed by atoms with Crippen molar-refractivity contribution >= 4 is 16.5 Å². The van der Waals surface area contributed by atoms with E-state index in [0.717, 1.165) is 22.0 Å². The molecule has 1 heterocycles. The molecular weight excluding hydrogens is 263 g/mol. The summed E-state index contributed by atoms with van der Waals surface area (Å²) in [5, 5.41) is 3.64. The fraction of sp³-hybridized carbons (Fsp3) is 0.727. The van der Waals surface area contributed by atoms with E-state index in [0.29, 0.717) is 5.13 Å². The number of anilines is 1. The Labute approximate surface area is 109 Å². The number of thiazole rings is 1. The van der Waals surface area contributed by atoms with Crippen LogP contribution in [0.3, 0.4) is 0 Å². The van der Waals surface area contributed by atoms with E-state index in [1.807, 2.05) is 20.8 Å². The molecule has 0 aliphatic carbocycles. The molecule has 1 rings (SSSR count). The fourth-order valence-corrected chi connectivity index (χ4v) is 2.75. The first-order chi connectivity index (χ1) is 8.24. The topological polar surface area (TPSA) is 28.2 Å². The molecule has 3 nitrogen and oxygen atoms in total. The van der Waals surface area contributed by atoms with Crippen molar-refractivity contribution in [3.63, 3.8) is 0 Å². The zero-order valence-corrected chi connectivity index (χ0v) is 11.7. The van der Waals surface area contributed by atoms with Crippen LogP contribution in [0, 0.1) is 6.92 Å². The van der Waals surface area contributed by atoms with E-state index in [1.54, 1.807) is 0 Å². The van der Waals surface area contributed by atoms with Gasteiger partial charge in [0.15, 0.2) is 5.13 Å². The van der Waals surface area contributed by atoms with Gasteiger partial charge >= 0.3 is 6.18 Å². The van der Waals surface area contributed by atoms with Crippen molar-refractivity contribution in [2.75, 3.05) is 25.0 Å². The number of aryl methyl sites for hydroxylation is 1. The van der Waals surface area contributed by atoms with Gasteiger partial charge in [-0.05, 0) is 20.4 Å². The molecule has 1 aromatic rings. The van der Waals surface area contributed by atoms with Gasteiger partial charge in [0.2, 0.25) is 0 Å². The Bertz CT molecular complexity index is 389. The molecule has 1 unspecified atom stereocenters. The summed E-state index contributed by atoms with van der Waals surface area (Å²) in [4.78, 5) is 6.33. The lowest BCUT2D eigenvalue weighted by atomic mass is 10.2. The number of halogens is 3. The van der Waals surface area contributed by atoms with Crippen molar-refractivity contribution in [3.05, 3.63) is 10.6 Å². The van der Waals surface area contributed by atoms with E-state index < -0.39 is 12.7 Å². The lowest BCUT2D eigenvalue weighted by Gasteiger charge is -2.17. The molecule has 0 saturated carbocycles. The third kappa shape index (κ3) is 4.13. The monoisotopic (exact) mass is 281 g/mol.